The molecule has 0 aliphatic rings. The Labute approximate surface area is 186 Å². The van der Waals surface area contributed by atoms with E-state index >= 15 is 0 Å². The van der Waals surface area contributed by atoms with Crippen molar-refractivity contribution in [1.82, 2.24) is 5.16 Å². The van der Waals surface area contributed by atoms with Crippen LogP contribution in [-0.2, 0) is 4.74 Å². The van der Waals surface area contributed by atoms with Crippen LogP contribution in [0.4, 0.5) is 10.3 Å². The van der Waals surface area contributed by atoms with E-state index in [2.05, 4.69) is 15.5 Å². The number of nitrogens with two attached hydrogens (primary N) is 1. The van der Waals surface area contributed by atoms with E-state index in [1.54, 1.807) is 19.1 Å². The molecular formula is C22H26ClFN4O3. The van der Waals surface area contributed by atoms with Crippen molar-refractivity contribution in [3.63, 3.8) is 0 Å². The molecule has 31 heavy (non-hydrogen) atoms. The van der Waals surface area contributed by atoms with Crippen LogP contribution < -0.4 is 11.1 Å². The Morgan fingerprint density at radius 3 is 2.65 bits per heavy atom. The summed E-state index contributed by atoms with van der Waals surface area (Å²) >= 11 is 0. The summed E-state index contributed by atoms with van der Waals surface area (Å²) in [5.74, 6) is -0.0721. The molecule has 0 radical (unpaired) electrons. The van der Waals surface area contributed by atoms with Crippen molar-refractivity contribution in [3.8, 4) is 11.1 Å². The number of hydrogen-bond donors (Lipinski definition) is 3. The zero-order valence-corrected chi connectivity index (χ0v) is 18.1. The molecule has 1 heterocycles. The minimum absolute atomic E-state index is 0. The highest BCUT2D eigenvalue weighted by Gasteiger charge is 2.17. The maximum Gasteiger partial charge on any atom is 0.231 e. The molecule has 7 nitrogen and oxygen atoms in total. The van der Waals surface area contributed by atoms with Gasteiger partial charge in [-0.25, -0.2) is 9.38 Å². The smallest absolute Gasteiger partial charge is 0.231 e. The minimum Gasteiger partial charge on any atom is -0.394 e. The third kappa shape index (κ3) is 6.52. The van der Waals surface area contributed by atoms with Crippen LogP contribution in [0.1, 0.15) is 31.0 Å². The molecular weight excluding hydrogens is 423 g/mol. The average Bonchev–Trinajstić information content (AvgIpc) is 3.20. The molecule has 3 aromatic rings. The number of hydrogen-bond acceptors (Lipinski definition) is 5. The van der Waals surface area contributed by atoms with Crippen molar-refractivity contribution >= 4 is 24.3 Å². The van der Waals surface area contributed by atoms with E-state index in [9.17, 15) is 4.39 Å². The summed E-state index contributed by atoms with van der Waals surface area (Å²) in [5, 5.41) is 15.6. The number of aromatic nitrogens is 1. The molecule has 0 spiro atoms. The summed E-state index contributed by atoms with van der Waals surface area (Å²) < 4.78 is 25.2. The fraction of sp³-hybridized carbons (Fsp3) is 0.273. The number of nitrogens with one attached hydrogen (secondary N) is 1. The third-order valence-corrected chi connectivity index (χ3v) is 4.57. The maximum absolute atomic E-state index is 14.7. The van der Waals surface area contributed by atoms with Crippen LogP contribution in [-0.4, -0.2) is 35.7 Å². The van der Waals surface area contributed by atoms with E-state index in [0.717, 1.165) is 11.1 Å². The number of anilines is 1. The van der Waals surface area contributed by atoms with Gasteiger partial charge in [0, 0.05) is 17.5 Å². The Balaban J connectivity index is 0.00000341. The standard InChI is InChI=1S/C22H25FN4O3.ClH/c1-14(17-8-9-18(19(23)12-17)16-6-4-3-5-7-16)20-13-21(30-27-20)26-22(24)25-15(2)29-11-10-28;/h3-9,12-15,28H,10-11H2,1-2H3,(H3,24,25,26);1H. The first-order valence-corrected chi connectivity index (χ1v) is 9.62. The SMILES string of the molecule is CC(/N=C(\N)Nc1cc(C(C)c2ccc(-c3ccccc3)c(F)c2)no1)OCCO.Cl. The van der Waals surface area contributed by atoms with Crippen LogP contribution >= 0.6 is 12.4 Å². The van der Waals surface area contributed by atoms with Gasteiger partial charge < -0.3 is 20.1 Å². The van der Waals surface area contributed by atoms with E-state index in [1.165, 1.54) is 6.07 Å². The molecule has 2 atom stereocenters. The second-order valence-electron chi connectivity index (χ2n) is 6.78. The van der Waals surface area contributed by atoms with E-state index in [4.69, 9.17) is 20.1 Å². The molecule has 0 amide bonds. The summed E-state index contributed by atoms with van der Waals surface area (Å²) in [6.07, 6.45) is -0.517. The summed E-state index contributed by atoms with van der Waals surface area (Å²) in [6.45, 7) is 3.69. The Kier molecular flexibility index (Phi) is 8.99. The van der Waals surface area contributed by atoms with Gasteiger partial charge in [0.2, 0.25) is 5.88 Å². The number of guanidine groups is 1. The number of aliphatic hydroxyl groups is 1. The van der Waals surface area contributed by atoms with Gasteiger partial charge in [-0.15, -0.1) is 12.4 Å². The van der Waals surface area contributed by atoms with Crippen molar-refractivity contribution in [1.29, 1.82) is 0 Å². The number of nitrogens with zero attached hydrogens (tertiary/aromatic N) is 2. The number of rotatable bonds is 8. The monoisotopic (exact) mass is 448 g/mol. The number of ether oxygens (including phenoxy) is 1. The molecule has 0 fully saturated rings. The first-order chi connectivity index (χ1) is 14.5. The van der Waals surface area contributed by atoms with Crippen LogP contribution in [0.25, 0.3) is 11.1 Å². The summed E-state index contributed by atoms with van der Waals surface area (Å²) in [5.41, 5.74) is 8.61. The second kappa shape index (κ2) is 11.5. The largest absolute Gasteiger partial charge is 0.394 e. The first kappa shape index (κ1) is 24.3. The number of halogens is 2. The molecule has 2 unspecified atom stereocenters. The van der Waals surface area contributed by atoms with Crippen molar-refractivity contribution in [2.45, 2.75) is 26.0 Å². The van der Waals surface area contributed by atoms with E-state index in [0.29, 0.717) is 17.1 Å². The van der Waals surface area contributed by atoms with Gasteiger partial charge >= 0.3 is 0 Å². The summed E-state index contributed by atoms with van der Waals surface area (Å²) in [7, 11) is 0. The predicted octanol–water partition coefficient (Wildman–Crippen LogP) is 4.14. The van der Waals surface area contributed by atoms with Gasteiger partial charge in [-0.1, -0.05) is 54.5 Å². The van der Waals surface area contributed by atoms with Gasteiger partial charge in [-0.05, 0) is 24.1 Å². The fourth-order valence-corrected chi connectivity index (χ4v) is 2.99. The lowest BCUT2D eigenvalue weighted by Crippen LogP contribution is -2.25. The average molecular weight is 449 g/mol. The van der Waals surface area contributed by atoms with Gasteiger partial charge in [0.15, 0.2) is 5.96 Å². The topological polar surface area (TPSA) is 106 Å². The Bertz CT molecular complexity index is 997. The van der Waals surface area contributed by atoms with Crippen molar-refractivity contribution in [2.24, 2.45) is 10.7 Å². The van der Waals surface area contributed by atoms with Crippen LogP contribution in [0.15, 0.2) is 64.1 Å². The second-order valence-corrected chi connectivity index (χ2v) is 6.78. The van der Waals surface area contributed by atoms with Crippen molar-refractivity contribution < 1.29 is 18.8 Å². The van der Waals surface area contributed by atoms with Crippen molar-refractivity contribution in [3.05, 3.63) is 71.7 Å². The molecule has 166 valence electrons. The summed E-state index contributed by atoms with van der Waals surface area (Å²) in [6, 6.07) is 16.3. The maximum atomic E-state index is 14.7. The third-order valence-electron chi connectivity index (χ3n) is 4.57. The van der Waals surface area contributed by atoms with Gasteiger partial charge in [0.05, 0.1) is 18.9 Å². The number of benzene rings is 2. The lowest BCUT2D eigenvalue weighted by molar-refractivity contribution is 0.0442. The first-order valence-electron chi connectivity index (χ1n) is 9.62. The zero-order chi connectivity index (χ0) is 21.5. The summed E-state index contributed by atoms with van der Waals surface area (Å²) in [4.78, 5) is 4.08. The van der Waals surface area contributed by atoms with Crippen LogP contribution in [0.3, 0.4) is 0 Å². The molecule has 0 aliphatic carbocycles. The molecule has 0 bridgehead atoms. The molecule has 0 aliphatic heterocycles. The number of aliphatic hydroxyl groups excluding tert-OH is 1. The highest BCUT2D eigenvalue weighted by atomic mass is 35.5. The quantitative estimate of drug-likeness (QED) is 0.353. The van der Waals surface area contributed by atoms with Crippen molar-refractivity contribution in [2.75, 3.05) is 18.5 Å². The molecule has 0 saturated carbocycles. The minimum atomic E-state index is -0.517. The molecule has 0 saturated heterocycles. The molecule has 3 rings (SSSR count). The lowest BCUT2D eigenvalue weighted by atomic mass is 9.95. The lowest BCUT2D eigenvalue weighted by Gasteiger charge is -2.11. The van der Waals surface area contributed by atoms with Gasteiger partial charge in [0.25, 0.3) is 0 Å². The fourth-order valence-electron chi connectivity index (χ4n) is 2.99. The van der Waals surface area contributed by atoms with Gasteiger partial charge in [-0.2, -0.15) is 0 Å². The van der Waals surface area contributed by atoms with E-state index in [1.807, 2.05) is 43.3 Å². The Morgan fingerprint density at radius 2 is 1.97 bits per heavy atom. The van der Waals surface area contributed by atoms with E-state index in [-0.39, 0.29) is 43.3 Å². The van der Waals surface area contributed by atoms with Crippen LogP contribution in [0.2, 0.25) is 0 Å². The van der Waals surface area contributed by atoms with Crippen LogP contribution in [0, 0.1) is 5.82 Å². The normalized spacial score (nSPS) is 13.4. The Morgan fingerprint density at radius 1 is 1.23 bits per heavy atom. The Hall–Kier alpha value is -2.94. The molecule has 2 aromatic carbocycles. The highest BCUT2D eigenvalue weighted by molar-refractivity contribution is 5.91. The zero-order valence-electron chi connectivity index (χ0n) is 17.3. The van der Waals surface area contributed by atoms with Gasteiger partial charge in [0.1, 0.15) is 12.0 Å². The van der Waals surface area contributed by atoms with Crippen LogP contribution in [0.5, 0.6) is 0 Å². The molecule has 4 N–H and O–H groups in total. The van der Waals surface area contributed by atoms with E-state index < -0.39 is 6.23 Å². The molecule has 1 aromatic heterocycles. The van der Waals surface area contributed by atoms with Gasteiger partial charge in [-0.3, -0.25) is 5.32 Å². The molecule has 9 heteroatoms. The predicted molar refractivity (Wildman–Crippen MR) is 121 cm³/mol. The highest BCUT2D eigenvalue weighted by Crippen LogP contribution is 2.29. The number of aliphatic imine (C=N–C) groups is 1.